The molecule has 0 spiro atoms. The van der Waals surface area contributed by atoms with Crippen LogP contribution in [0.15, 0.2) is 87.5 Å². The fraction of sp³-hybridized carbons (Fsp3) is 0.345. The van der Waals surface area contributed by atoms with Gasteiger partial charge in [-0.2, -0.15) is 10.9 Å². The number of rotatable bonds is 8. The molecule has 1 saturated carbocycles. The average Bonchev–Trinajstić information content (AvgIpc) is 3.29. The second kappa shape index (κ2) is 10.5. The lowest BCUT2D eigenvalue weighted by Crippen LogP contribution is -2.33. The van der Waals surface area contributed by atoms with Gasteiger partial charge < -0.3 is 9.47 Å². The fourth-order valence-electron chi connectivity index (χ4n) is 4.83. The van der Waals surface area contributed by atoms with Crippen LogP contribution in [0.5, 0.6) is 5.75 Å². The minimum Gasteiger partial charge on any atom is -0.481 e. The van der Waals surface area contributed by atoms with Crippen molar-refractivity contribution in [2.45, 2.75) is 73.2 Å². The van der Waals surface area contributed by atoms with Gasteiger partial charge in [0, 0.05) is 0 Å². The van der Waals surface area contributed by atoms with Gasteiger partial charge in [0.2, 0.25) is 0 Å². The molecule has 1 aliphatic carbocycles. The molecule has 0 heterocycles. The van der Waals surface area contributed by atoms with Crippen LogP contribution >= 0.6 is 10.9 Å². The summed E-state index contributed by atoms with van der Waals surface area (Å²) in [5, 5.41) is 0. The number of esters is 1. The summed E-state index contributed by atoms with van der Waals surface area (Å²) >= 11 is 0. The summed E-state index contributed by atoms with van der Waals surface area (Å²) in [6.45, 7) is 6.18. The molecule has 0 aromatic heterocycles. The van der Waals surface area contributed by atoms with E-state index in [4.69, 9.17) is 9.47 Å². The number of carbonyl (C=O) groups excluding carboxylic acids is 1. The fourth-order valence-corrected chi connectivity index (χ4v) is 7.32. The summed E-state index contributed by atoms with van der Waals surface area (Å²) in [6.07, 6.45) is 5.06. The zero-order valence-corrected chi connectivity index (χ0v) is 20.7. The Kier molecular flexibility index (Phi) is 7.44. The predicted molar refractivity (Wildman–Crippen MR) is 136 cm³/mol. The van der Waals surface area contributed by atoms with Crippen LogP contribution in [0.25, 0.3) is 0 Å². The van der Waals surface area contributed by atoms with Crippen molar-refractivity contribution in [3.05, 3.63) is 83.9 Å². The molecular formula is C29H34O3S. The molecule has 4 rings (SSSR count). The maximum Gasteiger partial charge on any atom is 0.344 e. The first-order chi connectivity index (χ1) is 16.0. The molecule has 0 saturated heterocycles. The van der Waals surface area contributed by atoms with E-state index in [9.17, 15) is 4.79 Å². The molecule has 0 N–H and O–H groups in total. The van der Waals surface area contributed by atoms with Crippen LogP contribution in [0.4, 0.5) is 0 Å². The smallest absolute Gasteiger partial charge is 0.344 e. The Bertz CT molecular complexity index is 1010. The Labute approximate surface area is 200 Å². The van der Waals surface area contributed by atoms with Gasteiger partial charge in [0.25, 0.3) is 0 Å². The molecule has 1 fully saturated rings. The number of carbonyl (C=O) groups is 1. The summed E-state index contributed by atoms with van der Waals surface area (Å²) in [7, 11) is -0.678. The lowest BCUT2D eigenvalue weighted by atomic mass is 9.99. The van der Waals surface area contributed by atoms with Gasteiger partial charge in [-0.15, -0.1) is 0 Å². The molecule has 4 heteroatoms. The third-order valence-corrected chi connectivity index (χ3v) is 8.96. The van der Waals surface area contributed by atoms with Gasteiger partial charge in [0.1, 0.15) is 11.4 Å². The van der Waals surface area contributed by atoms with Crippen LogP contribution in [-0.4, -0.2) is 18.2 Å². The van der Waals surface area contributed by atoms with Crippen molar-refractivity contribution in [1.82, 2.24) is 0 Å². The van der Waals surface area contributed by atoms with Crippen molar-refractivity contribution in [3.63, 3.8) is 0 Å². The van der Waals surface area contributed by atoms with Crippen LogP contribution in [0.3, 0.4) is 0 Å². The van der Waals surface area contributed by atoms with Crippen LogP contribution < -0.4 is 4.74 Å². The first-order valence-corrected chi connectivity index (χ1v) is 13.2. The number of aryl methyl sites for hydroxylation is 2. The summed E-state index contributed by atoms with van der Waals surface area (Å²) in [5.74, 6) is 0.515. The first-order valence-electron chi connectivity index (χ1n) is 11.9. The van der Waals surface area contributed by atoms with Gasteiger partial charge in [-0.25, -0.2) is 4.79 Å². The summed E-state index contributed by atoms with van der Waals surface area (Å²) in [5.41, 5.74) is 1.81. The summed E-state index contributed by atoms with van der Waals surface area (Å²) < 4.78 is 11.9. The lowest BCUT2D eigenvalue weighted by Gasteiger charge is -2.28. The van der Waals surface area contributed by atoms with Gasteiger partial charge in [-0.1, -0.05) is 43.3 Å². The minimum absolute atomic E-state index is 0.0467. The molecule has 3 nitrogen and oxygen atoms in total. The molecule has 33 heavy (non-hydrogen) atoms. The van der Waals surface area contributed by atoms with E-state index in [1.807, 2.05) is 0 Å². The van der Waals surface area contributed by atoms with E-state index in [1.54, 1.807) is 0 Å². The zero-order valence-electron chi connectivity index (χ0n) is 19.8. The van der Waals surface area contributed by atoms with Crippen LogP contribution in [0.1, 0.15) is 50.2 Å². The van der Waals surface area contributed by atoms with Crippen molar-refractivity contribution in [3.8, 4) is 5.75 Å². The molecule has 3 aromatic rings. The molecule has 0 bridgehead atoms. The molecule has 0 aliphatic heterocycles. The van der Waals surface area contributed by atoms with Crippen LogP contribution in [0.2, 0.25) is 0 Å². The van der Waals surface area contributed by atoms with E-state index >= 15 is 0 Å². The third-order valence-electron chi connectivity index (χ3n) is 6.56. The number of benzene rings is 3. The zero-order chi connectivity index (χ0) is 23.3. The number of hydrogen-bond donors (Lipinski definition) is 1. The van der Waals surface area contributed by atoms with E-state index in [0.29, 0.717) is 0 Å². The largest absolute Gasteiger partial charge is 0.481 e. The Morgan fingerprint density at radius 2 is 1.36 bits per heavy atom. The normalized spacial score (nSPS) is 15.2. The Balaban J connectivity index is 1.55. The number of ether oxygens (including phenoxy) is 2. The van der Waals surface area contributed by atoms with E-state index in [1.165, 1.54) is 14.7 Å². The van der Waals surface area contributed by atoms with E-state index in [2.05, 4.69) is 93.6 Å². The molecule has 3 aromatic carbocycles. The molecule has 0 atom stereocenters. The SMILES string of the molecule is CCC1(OC(=O)COc2c(C)cc([SH](c3ccccc3)c3ccccc3)cc2C)CCCC1. The van der Waals surface area contributed by atoms with Gasteiger partial charge in [-0.3, -0.25) is 0 Å². The van der Waals surface area contributed by atoms with Crippen molar-refractivity contribution in [1.29, 1.82) is 0 Å². The molecule has 174 valence electrons. The van der Waals surface area contributed by atoms with Gasteiger partial charge >= 0.3 is 5.97 Å². The maximum absolute atomic E-state index is 12.6. The Hall–Kier alpha value is -2.72. The van der Waals surface area contributed by atoms with Crippen molar-refractivity contribution >= 4 is 16.9 Å². The van der Waals surface area contributed by atoms with E-state index < -0.39 is 10.9 Å². The highest BCUT2D eigenvalue weighted by Crippen LogP contribution is 2.52. The minimum atomic E-state index is -0.678. The first kappa shape index (κ1) is 23.4. The lowest BCUT2D eigenvalue weighted by molar-refractivity contribution is -0.162. The standard InChI is InChI=1S/C29H34O3S/c1-4-29(17-11-12-18-29)32-27(30)21-31-28-22(2)19-26(20-23(28)3)33(24-13-7-5-8-14-24)25-15-9-6-10-16-25/h5-10,13-16,19-20,33H,4,11-12,17-18,21H2,1-3H3. The van der Waals surface area contributed by atoms with Crippen LogP contribution in [0, 0.1) is 13.8 Å². The molecule has 1 aliphatic rings. The van der Waals surface area contributed by atoms with Crippen LogP contribution in [-0.2, 0) is 9.53 Å². The van der Waals surface area contributed by atoms with Crippen molar-refractivity contribution in [2.24, 2.45) is 0 Å². The summed E-state index contributed by atoms with van der Waals surface area (Å²) in [4.78, 5) is 16.5. The number of hydrogen-bond acceptors (Lipinski definition) is 3. The second-order valence-electron chi connectivity index (χ2n) is 8.92. The highest BCUT2D eigenvalue weighted by Gasteiger charge is 2.36. The highest BCUT2D eigenvalue weighted by molar-refractivity contribution is 8.17. The number of thiol groups is 1. The highest BCUT2D eigenvalue weighted by atomic mass is 32.2. The maximum atomic E-state index is 12.6. The van der Waals surface area contributed by atoms with Crippen molar-refractivity contribution < 1.29 is 14.3 Å². The van der Waals surface area contributed by atoms with E-state index in [-0.39, 0.29) is 18.2 Å². The van der Waals surface area contributed by atoms with Crippen molar-refractivity contribution in [2.75, 3.05) is 6.61 Å². The average molecular weight is 463 g/mol. The Morgan fingerprint density at radius 3 is 1.85 bits per heavy atom. The van der Waals surface area contributed by atoms with Gasteiger partial charge in [-0.05, 0) is 108 Å². The third kappa shape index (κ3) is 5.44. The van der Waals surface area contributed by atoms with E-state index in [0.717, 1.165) is 49.0 Å². The molecule has 0 amide bonds. The monoisotopic (exact) mass is 462 g/mol. The predicted octanol–water partition coefficient (Wildman–Crippen LogP) is 7.43. The second-order valence-corrected chi connectivity index (χ2v) is 11.1. The molecule has 0 radical (unpaired) electrons. The molecule has 0 unspecified atom stereocenters. The van der Waals surface area contributed by atoms with Gasteiger partial charge in [0.05, 0.1) is 0 Å². The molecular weight excluding hydrogens is 428 g/mol. The summed E-state index contributed by atoms with van der Waals surface area (Å²) in [6, 6.07) is 25.8. The quantitative estimate of drug-likeness (QED) is 0.279. The topological polar surface area (TPSA) is 35.5 Å². The Morgan fingerprint density at radius 1 is 0.848 bits per heavy atom. The van der Waals surface area contributed by atoms with Gasteiger partial charge in [0.15, 0.2) is 6.61 Å².